The van der Waals surface area contributed by atoms with E-state index in [2.05, 4.69) is 4.72 Å². The zero-order valence-corrected chi connectivity index (χ0v) is 15.0. The molecule has 0 aliphatic rings. The molecule has 0 fully saturated rings. The van der Waals surface area contributed by atoms with Crippen LogP contribution < -0.4 is 4.72 Å². The number of rotatable bonds is 6. The summed E-state index contributed by atoms with van der Waals surface area (Å²) < 4.78 is 45.5. The normalized spacial score (nSPS) is 14.4. The fourth-order valence-electron chi connectivity index (χ4n) is 2.27. The van der Waals surface area contributed by atoms with Gasteiger partial charge in [0.25, 0.3) is 0 Å². The molecule has 2 N–H and O–H groups in total. The molecular weight excluding hydrogens is 389 g/mol. The average molecular weight is 402 g/mol. The molecule has 0 unspecified atom stereocenters. The number of hydrogen-bond donors (Lipinski definition) is 2. The Morgan fingerprint density at radius 3 is 2.72 bits per heavy atom. The Hall–Kier alpha value is -1.71. The summed E-state index contributed by atoms with van der Waals surface area (Å²) in [7, 11) is -4.00. The second-order valence-corrected chi connectivity index (χ2v) is 8.37. The number of benzene rings is 1. The molecule has 9 heteroatoms. The molecule has 0 bridgehead atoms. The molecule has 2 heterocycles. The molecule has 0 aliphatic heterocycles. The Kier molecular flexibility index (Phi) is 4.99. The van der Waals surface area contributed by atoms with E-state index in [1.54, 1.807) is 23.6 Å². The standard InChI is InChI=1S/C16H13ClFNO4S2/c17-13-8-12(3-4-14(13)18)25(21,22)19-10-16(20,11-5-6-23-9-11)15-2-1-7-24-15/h1-9,19-20H,10H2/t16-/m1/s1. The summed E-state index contributed by atoms with van der Waals surface area (Å²) in [6, 6.07) is 8.09. The van der Waals surface area contributed by atoms with Crippen molar-refractivity contribution in [2.45, 2.75) is 10.5 Å². The summed E-state index contributed by atoms with van der Waals surface area (Å²) in [5, 5.41) is 12.6. The van der Waals surface area contributed by atoms with E-state index < -0.39 is 21.4 Å². The Morgan fingerprint density at radius 1 is 1.32 bits per heavy atom. The van der Waals surface area contributed by atoms with Crippen molar-refractivity contribution in [3.8, 4) is 0 Å². The number of furan rings is 1. The van der Waals surface area contributed by atoms with Crippen molar-refractivity contribution in [2.24, 2.45) is 0 Å². The molecule has 3 rings (SSSR count). The molecular formula is C16H13ClFNO4S2. The molecule has 5 nitrogen and oxygen atoms in total. The number of thiophene rings is 1. The van der Waals surface area contributed by atoms with Crippen molar-refractivity contribution in [1.29, 1.82) is 0 Å². The number of sulfonamides is 1. The van der Waals surface area contributed by atoms with Gasteiger partial charge in [-0.2, -0.15) is 0 Å². The van der Waals surface area contributed by atoms with Gasteiger partial charge in [-0.25, -0.2) is 17.5 Å². The average Bonchev–Trinajstić information content (AvgIpc) is 3.29. The molecule has 1 aromatic carbocycles. The monoisotopic (exact) mass is 401 g/mol. The quantitative estimate of drug-likeness (QED) is 0.663. The third-order valence-corrected chi connectivity index (χ3v) is 6.36. The molecule has 2 aromatic heterocycles. The fourth-order valence-corrected chi connectivity index (χ4v) is 4.45. The maximum Gasteiger partial charge on any atom is 0.240 e. The summed E-state index contributed by atoms with van der Waals surface area (Å²) in [5.74, 6) is -0.714. The molecule has 3 aromatic rings. The second kappa shape index (κ2) is 6.89. The van der Waals surface area contributed by atoms with Crippen molar-refractivity contribution in [3.05, 3.63) is 75.6 Å². The van der Waals surface area contributed by atoms with E-state index in [0.717, 1.165) is 18.2 Å². The van der Waals surface area contributed by atoms with Crippen LogP contribution in [0.4, 0.5) is 4.39 Å². The first-order valence-electron chi connectivity index (χ1n) is 7.07. The van der Waals surface area contributed by atoms with E-state index in [1.165, 1.54) is 23.9 Å². The van der Waals surface area contributed by atoms with Gasteiger partial charge in [-0.05, 0) is 35.7 Å². The van der Waals surface area contributed by atoms with Crippen LogP contribution in [0.5, 0.6) is 0 Å². The predicted molar refractivity (Wildman–Crippen MR) is 92.6 cm³/mol. The van der Waals surface area contributed by atoms with E-state index in [9.17, 15) is 17.9 Å². The summed E-state index contributed by atoms with van der Waals surface area (Å²) in [4.78, 5) is 0.355. The third kappa shape index (κ3) is 3.63. The number of hydrogen-bond acceptors (Lipinski definition) is 5. The van der Waals surface area contributed by atoms with Crippen LogP contribution >= 0.6 is 22.9 Å². The second-order valence-electron chi connectivity index (χ2n) is 5.25. The van der Waals surface area contributed by atoms with Crippen molar-refractivity contribution in [2.75, 3.05) is 6.54 Å². The summed E-state index contributed by atoms with van der Waals surface area (Å²) in [6.07, 6.45) is 2.74. The highest BCUT2D eigenvalue weighted by Gasteiger charge is 2.35. The summed E-state index contributed by atoms with van der Waals surface area (Å²) in [6.45, 7) is -0.329. The maximum absolute atomic E-state index is 13.2. The minimum Gasteiger partial charge on any atom is -0.472 e. The lowest BCUT2D eigenvalue weighted by atomic mass is 9.95. The van der Waals surface area contributed by atoms with Crippen LogP contribution in [0.3, 0.4) is 0 Å². The first kappa shape index (κ1) is 18.1. The van der Waals surface area contributed by atoms with Gasteiger partial charge >= 0.3 is 0 Å². The van der Waals surface area contributed by atoms with E-state index in [1.807, 2.05) is 0 Å². The van der Waals surface area contributed by atoms with Crippen LogP contribution in [0.25, 0.3) is 0 Å². The number of halogens is 2. The van der Waals surface area contributed by atoms with Gasteiger partial charge in [0, 0.05) is 17.0 Å². The van der Waals surface area contributed by atoms with Crippen LogP contribution in [0.2, 0.25) is 5.02 Å². The van der Waals surface area contributed by atoms with Gasteiger partial charge < -0.3 is 9.52 Å². The van der Waals surface area contributed by atoms with Crippen LogP contribution in [0.15, 0.2) is 63.6 Å². The highest BCUT2D eigenvalue weighted by molar-refractivity contribution is 7.89. The van der Waals surface area contributed by atoms with Gasteiger partial charge in [-0.1, -0.05) is 17.7 Å². The topological polar surface area (TPSA) is 79.5 Å². The predicted octanol–water partition coefficient (Wildman–Crippen LogP) is 3.35. The Bertz CT molecular complexity index is 922. The lowest BCUT2D eigenvalue weighted by molar-refractivity contribution is 0.0892. The van der Waals surface area contributed by atoms with Crippen molar-refractivity contribution >= 4 is 33.0 Å². The van der Waals surface area contributed by atoms with Gasteiger partial charge in [0.1, 0.15) is 11.4 Å². The minimum absolute atomic E-state index is 0.195. The van der Waals surface area contributed by atoms with Gasteiger partial charge in [-0.15, -0.1) is 11.3 Å². The SMILES string of the molecule is O=S(=O)(NC[C@@](O)(c1ccoc1)c1cccs1)c1ccc(F)c(Cl)c1. The zero-order chi connectivity index (χ0) is 18.1. The minimum atomic E-state index is -4.00. The van der Waals surface area contributed by atoms with Crippen LogP contribution in [-0.2, 0) is 15.6 Å². The van der Waals surface area contributed by atoms with Gasteiger partial charge in [0.2, 0.25) is 10.0 Å². The summed E-state index contributed by atoms with van der Waals surface area (Å²) >= 11 is 6.93. The van der Waals surface area contributed by atoms with Crippen LogP contribution in [0.1, 0.15) is 10.4 Å². The van der Waals surface area contributed by atoms with E-state index >= 15 is 0 Å². The Morgan fingerprint density at radius 2 is 2.12 bits per heavy atom. The molecule has 0 radical (unpaired) electrons. The lowest BCUT2D eigenvalue weighted by Gasteiger charge is -2.26. The van der Waals surface area contributed by atoms with Crippen molar-refractivity contribution < 1.29 is 22.3 Å². The van der Waals surface area contributed by atoms with Crippen LogP contribution in [-0.4, -0.2) is 20.1 Å². The lowest BCUT2D eigenvalue weighted by Crippen LogP contribution is -2.40. The first-order valence-corrected chi connectivity index (χ1v) is 9.81. The number of aliphatic hydroxyl groups is 1. The highest BCUT2D eigenvalue weighted by atomic mass is 35.5. The van der Waals surface area contributed by atoms with Crippen molar-refractivity contribution in [1.82, 2.24) is 4.72 Å². The molecule has 1 atom stereocenters. The Labute approximate surface area is 152 Å². The molecule has 25 heavy (non-hydrogen) atoms. The van der Waals surface area contributed by atoms with E-state index in [4.69, 9.17) is 16.0 Å². The Balaban J connectivity index is 1.90. The number of nitrogens with one attached hydrogen (secondary N) is 1. The third-order valence-electron chi connectivity index (χ3n) is 3.65. The molecule has 132 valence electrons. The maximum atomic E-state index is 13.2. The van der Waals surface area contributed by atoms with E-state index in [-0.39, 0.29) is 16.5 Å². The largest absolute Gasteiger partial charge is 0.472 e. The summed E-state index contributed by atoms with van der Waals surface area (Å²) in [5.41, 5.74) is -1.19. The molecule has 0 saturated carbocycles. The van der Waals surface area contributed by atoms with Gasteiger partial charge in [0.15, 0.2) is 0 Å². The van der Waals surface area contributed by atoms with E-state index in [0.29, 0.717) is 10.4 Å². The van der Waals surface area contributed by atoms with Gasteiger partial charge in [0.05, 0.1) is 22.4 Å². The van der Waals surface area contributed by atoms with Crippen molar-refractivity contribution in [3.63, 3.8) is 0 Å². The van der Waals surface area contributed by atoms with Gasteiger partial charge in [-0.3, -0.25) is 0 Å². The fraction of sp³-hybridized carbons (Fsp3) is 0.125. The molecule has 0 saturated heterocycles. The first-order chi connectivity index (χ1) is 11.8. The molecule has 0 aliphatic carbocycles. The molecule has 0 amide bonds. The zero-order valence-electron chi connectivity index (χ0n) is 12.6. The van der Waals surface area contributed by atoms with Crippen LogP contribution in [0, 0.1) is 5.82 Å². The smallest absolute Gasteiger partial charge is 0.240 e. The molecule has 0 spiro atoms. The highest BCUT2D eigenvalue weighted by Crippen LogP contribution is 2.33.